The van der Waals surface area contributed by atoms with Crippen molar-refractivity contribution in [1.82, 2.24) is 0 Å². The van der Waals surface area contributed by atoms with Gasteiger partial charge in [0.2, 0.25) is 0 Å². The zero-order chi connectivity index (χ0) is 18.0. The van der Waals surface area contributed by atoms with E-state index in [1.54, 1.807) is 24.3 Å². The van der Waals surface area contributed by atoms with Gasteiger partial charge in [0, 0.05) is 5.56 Å². The number of carbonyl (C=O) groups excluding carboxylic acids is 1. The van der Waals surface area contributed by atoms with Gasteiger partial charge >= 0.3 is 11.9 Å². The fraction of sp³-hybridized carbons (Fsp3) is 0.222. The second-order valence-corrected chi connectivity index (χ2v) is 8.32. The average molecular weight is 360 g/mol. The Balaban J connectivity index is 2.14. The summed E-state index contributed by atoms with van der Waals surface area (Å²) in [7, 11) is -2.44. The van der Waals surface area contributed by atoms with E-state index >= 15 is 0 Å². The predicted octanol–water partition coefficient (Wildman–Crippen LogP) is 3.06. The standard InChI is InChI=1S/C18H17O6P/c1-23-18(21)11-12(10-17(19)20)25(22)16-9-5-3-7-14(16)13-6-2-4-8-15(13)24-25/h2-9,12H,10-11H2,1H3,(H,19,20). The van der Waals surface area contributed by atoms with Gasteiger partial charge in [-0.15, -0.1) is 0 Å². The Morgan fingerprint density at radius 1 is 1.08 bits per heavy atom. The van der Waals surface area contributed by atoms with Crippen molar-refractivity contribution < 1.29 is 28.5 Å². The van der Waals surface area contributed by atoms with Crippen LogP contribution in [0.4, 0.5) is 0 Å². The van der Waals surface area contributed by atoms with Crippen LogP contribution in [0.1, 0.15) is 12.8 Å². The van der Waals surface area contributed by atoms with Gasteiger partial charge in [-0.25, -0.2) is 0 Å². The van der Waals surface area contributed by atoms with Gasteiger partial charge in [0.15, 0.2) is 0 Å². The monoisotopic (exact) mass is 360 g/mol. The molecule has 1 aliphatic rings. The molecule has 2 unspecified atom stereocenters. The van der Waals surface area contributed by atoms with E-state index in [2.05, 4.69) is 4.74 Å². The maximum Gasteiger partial charge on any atom is 0.306 e. The molecule has 0 bridgehead atoms. The zero-order valence-corrected chi connectivity index (χ0v) is 14.4. The second-order valence-electron chi connectivity index (χ2n) is 5.73. The lowest BCUT2D eigenvalue weighted by atomic mass is 10.0. The van der Waals surface area contributed by atoms with Crippen molar-refractivity contribution in [1.29, 1.82) is 0 Å². The van der Waals surface area contributed by atoms with Crippen molar-refractivity contribution in [3.05, 3.63) is 48.5 Å². The summed E-state index contributed by atoms with van der Waals surface area (Å²) in [6, 6.07) is 14.2. The van der Waals surface area contributed by atoms with Gasteiger partial charge in [-0.1, -0.05) is 36.4 Å². The molecule has 130 valence electrons. The fourth-order valence-electron chi connectivity index (χ4n) is 3.00. The second kappa shape index (κ2) is 6.73. The molecule has 2 aromatic rings. The molecule has 25 heavy (non-hydrogen) atoms. The van der Waals surface area contributed by atoms with Crippen molar-refractivity contribution in [2.24, 2.45) is 0 Å². The van der Waals surface area contributed by atoms with Crippen LogP contribution in [-0.2, 0) is 18.9 Å². The largest absolute Gasteiger partial charge is 0.481 e. The number of carbonyl (C=O) groups is 2. The van der Waals surface area contributed by atoms with Crippen molar-refractivity contribution in [3.63, 3.8) is 0 Å². The van der Waals surface area contributed by atoms with Gasteiger partial charge in [0.05, 0.1) is 30.9 Å². The topological polar surface area (TPSA) is 89.9 Å². The molecule has 0 radical (unpaired) electrons. The Bertz CT molecular complexity index is 875. The molecule has 2 atom stereocenters. The van der Waals surface area contributed by atoms with Crippen LogP contribution in [-0.4, -0.2) is 29.8 Å². The number of benzene rings is 2. The molecule has 1 N–H and O–H groups in total. The van der Waals surface area contributed by atoms with Gasteiger partial charge in [0.1, 0.15) is 5.75 Å². The average Bonchev–Trinajstić information content (AvgIpc) is 2.61. The first kappa shape index (κ1) is 17.2. The van der Waals surface area contributed by atoms with Crippen molar-refractivity contribution >= 4 is 24.6 Å². The predicted molar refractivity (Wildman–Crippen MR) is 92.4 cm³/mol. The molecule has 0 spiro atoms. The lowest BCUT2D eigenvalue weighted by molar-refractivity contribution is -0.141. The number of fused-ring (bicyclic) bond motifs is 3. The highest BCUT2D eigenvalue weighted by Crippen LogP contribution is 2.59. The van der Waals surface area contributed by atoms with Crippen LogP contribution < -0.4 is 9.83 Å². The van der Waals surface area contributed by atoms with Gasteiger partial charge in [-0.2, -0.15) is 0 Å². The van der Waals surface area contributed by atoms with E-state index in [0.29, 0.717) is 11.1 Å². The molecule has 1 aliphatic heterocycles. The minimum absolute atomic E-state index is 0.295. The van der Waals surface area contributed by atoms with E-state index in [9.17, 15) is 19.3 Å². The minimum Gasteiger partial charge on any atom is -0.481 e. The fourth-order valence-corrected chi connectivity index (χ4v) is 5.70. The number of para-hydroxylation sites is 1. The van der Waals surface area contributed by atoms with Crippen molar-refractivity contribution in [3.8, 4) is 16.9 Å². The van der Waals surface area contributed by atoms with Crippen molar-refractivity contribution in [2.75, 3.05) is 7.11 Å². The summed E-state index contributed by atoms with van der Waals surface area (Å²) >= 11 is 0. The number of carboxylic acid groups (broad SMARTS) is 1. The summed E-state index contributed by atoms with van der Waals surface area (Å²) in [5.74, 6) is -1.35. The quantitative estimate of drug-likeness (QED) is 0.651. The molecule has 0 aromatic heterocycles. The lowest BCUT2D eigenvalue weighted by Gasteiger charge is -2.33. The third-order valence-corrected chi connectivity index (χ3v) is 7.03. The zero-order valence-electron chi connectivity index (χ0n) is 13.5. The smallest absolute Gasteiger partial charge is 0.306 e. The Labute approximate surface area is 144 Å². The first-order valence-electron chi connectivity index (χ1n) is 7.72. The molecule has 0 amide bonds. The molecule has 0 saturated heterocycles. The third kappa shape index (κ3) is 3.17. The normalized spacial score (nSPS) is 19.1. The van der Waals surface area contributed by atoms with Gasteiger partial charge < -0.3 is 14.4 Å². The maximum absolute atomic E-state index is 13.8. The molecular weight excluding hydrogens is 343 g/mol. The van der Waals surface area contributed by atoms with Crippen LogP contribution in [0.25, 0.3) is 11.1 Å². The van der Waals surface area contributed by atoms with Gasteiger partial charge in [-0.3, -0.25) is 14.2 Å². The SMILES string of the molecule is COC(=O)CC(CC(=O)O)P1(=O)Oc2ccccc2-c2ccccc21. The molecule has 6 nitrogen and oxygen atoms in total. The summed E-state index contributed by atoms with van der Waals surface area (Å²) in [6.07, 6.45) is -0.751. The Hall–Kier alpha value is -2.59. The van der Waals surface area contributed by atoms with Crippen LogP contribution >= 0.6 is 7.37 Å². The molecule has 1 heterocycles. The number of ether oxygens (including phenoxy) is 1. The number of hydrogen-bond donors (Lipinski definition) is 1. The highest BCUT2D eigenvalue weighted by atomic mass is 31.2. The molecular formula is C18H17O6P. The van der Waals surface area contributed by atoms with Gasteiger partial charge in [0.25, 0.3) is 7.37 Å². The van der Waals surface area contributed by atoms with Crippen LogP contribution in [0.5, 0.6) is 5.75 Å². The Kier molecular flexibility index (Phi) is 4.64. The van der Waals surface area contributed by atoms with Crippen molar-refractivity contribution in [2.45, 2.75) is 18.5 Å². The molecule has 3 rings (SSSR count). The minimum atomic E-state index is -3.65. The highest BCUT2D eigenvalue weighted by Gasteiger charge is 2.44. The molecule has 0 aliphatic carbocycles. The van der Waals surface area contributed by atoms with E-state index in [1.807, 2.05) is 24.3 Å². The first-order valence-corrected chi connectivity index (χ1v) is 9.42. The molecule has 0 saturated carbocycles. The summed E-state index contributed by atoms with van der Waals surface area (Å²) in [5, 5.41) is 9.66. The number of hydrogen-bond acceptors (Lipinski definition) is 5. The maximum atomic E-state index is 13.8. The third-order valence-electron chi connectivity index (χ3n) is 4.17. The van der Waals surface area contributed by atoms with E-state index in [1.165, 1.54) is 7.11 Å². The highest BCUT2D eigenvalue weighted by molar-refractivity contribution is 7.68. The first-order chi connectivity index (χ1) is 12.0. The Morgan fingerprint density at radius 2 is 1.72 bits per heavy atom. The summed E-state index contributed by atoms with van der Waals surface area (Å²) < 4.78 is 24.3. The molecule has 2 aromatic carbocycles. The number of aliphatic carboxylic acids is 1. The van der Waals surface area contributed by atoms with E-state index in [0.717, 1.165) is 11.1 Å². The van der Waals surface area contributed by atoms with Crippen LogP contribution in [0.3, 0.4) is 0 Å². The summed E-state index contributed by atoms with van der Waals surface area (Å²) in [5.41, 5.74) is 0.511. The number of methoxy groups -OCH3 is 1. The van der Waals surface area contributed by atoms with E-state index < -0.39 is 31.4 Å². The number of esters is 1. The summed E-state index contributed by atoms with van der Waals surface area (Å²) in [4.78, 5) is 23.0. The van der Waals surface area contributed by atoms with E-state index in [-0.39, 0.29) is 6.42 Å². The van der Waals surface area contributed by atoms with Crippen LogP contribution in [0, 0.1) is 0 Å². The molecule has 7 heteroatoms. The van der Waals surface area contributed by atoms with E-state index in [4.69, 9.17) is 4.52 Å². The lowest BCUT2D eigenvalue weighted by Crippen LogP contribution is -2.29. The summed E-state index contributed by atoms with van der Waals surface area (Å²) in [6.45, 7) is 0. The Morgan fingerprint density at radius 3 is 2.40 bits per heavy atom. The van der Waals surface area contributed by atoms with Crippen LogP contribution in [0.15, 0.2) is 48.5 Å². The van der Waals surface area contributed by atoms with Gasteiger partial charge in [-0.05, 0) is 17.7 Å². The van der Waals surface area contributed by atoms with Crippen LogP contribution in [0.2, 0.25) is 0 Å². The molecule has 0 fully saturated rings. The number of carboxylic acids is 1. The number of rotatable bonds is 5.